The van der Waals surface area contributed by atoms with Gasteiger partial charge in [-0.3, -0.25) is 0 Å². The third-order valence-corrected chi connectivity index (χ3v) is 3.60. The van der Waals surface area contributed by atoms with Crippen LogP contribution in [0.5, 0.6) is 5.75 Å². The number of ether oxygens (including phenoxy) is 1. The minimum absolute atomic E-state index is 0.861. The van der Waals surface area contributed by atoms with Crippen molar-refractivity contribution in [3.05, 3.63) is 54.8 Å². The minimum Gasteiger partial charge on any atom is -0.497 e. The van der Waals surface area contributed by atoms with E-state index in [-0.39, 0.29) is 0 Å². The van der Waals surface area contributed by atoms with Gasteiger partial charge in [-0.25, -0.2) is 0 Å². The molecule has 0 aliphatic rings. The number of methoxy groups -OCH3 is 1. The molecule has 98 valence electrons. The van der Waals surface area contributed by atoms with Gasteiger partial charge < -0.3 is 14.1 Å². The fourth-order valence-corrected chi connectivity index (χ4v) is 2.57. The van der Waals surface area contributed by atoms with Crippen LogP contribution in [0, 0.1) is 0 Å². The van der Waals surface area contributed by atoms with Gasteiger partial charge in [-0.1, -0.05) is 18.2 Å². The summed E-state index contributed by atoms with van der Waals surface area (Å²) in [5.41, 5.74) is 4.12. The summed E-state index contributed by atoms with van der Waals surface area (Å²) in [6.45, 7) is 0. The zero-order valence-electron chi connectivity index (χ0n) is 11.0. The molecular weight excluding hydrogens is 250 g/mol. The second-order valence-electron chi connectivity index (χ2n) is 4.78. The number of furan rings is 1. The summed E-state index contributed by atoms with van der Waals surface area (Å²) < 4.78 is 10.9. The molecule has 0 amide bonds. The van der Waals surface area contributed by atoms with Crippen molar-refractivity contribution in [2.24, 2.45) is 0 Å². The lowest BCUT2D eigenvalue weighted by molar-refractivity contribution is 0.415. The van der Waals surface area contributed by atoms with Crippen molar-refractivity contribution >= 4 is 21.9 Å². The van der Waals surface area contributed by atoms with Crippen LogP contribution in [0.15, 0.2) is 59.2 Å². The Hall–Kier alpha value is -2.68. The number of nitrogens with one attached hydrogen (secondary N) is 1. The van der Waals surface area contributed by atoms with Crippen LogP contribution in [0.25, 0.3) is 33.1 Å². The third-order valence-electron chi connectivity index (χ3n) is 3.60. The molecule has 3 heteroatoms. The zero-order chi connectivity index (χ0) is 13.5. The minimum atomic E-state index is 0.861. The van der Waals surface area contributed by atoms with Gasteiger partial charge in [0.15, 0.2) is 0 Å². The van der Waals surface area contributed by atoms with E-state index in [9.17, 15) is 0 Å². The van der Waals surface area contributed by atoms with Crippen molar-refractivity contribution in [2.45, 2.75) is 0 Å². The van der Waals surface area contributed by atoms with Crippen LogP contribution in [-0.4, -0.2) is 12.1 Å². The largest absolute Gasteiger partial charge is 0.497 e. The van der Waals surface area contributed by atoms with Gasteiger partial charge in [0.05, 0.1) is 12.8 Å². The van der Waals surface area contributed by atoms with Gasteiger partial charge >= 0.3 is 0 Å². The first-order valence-corrected chi connectivity index (χ1v) is 6.48. The van der Waals surface area contributed by atoms with Crippen molar-refractivity contribution in [3.63, 3.8) is 0 Å². The molecule has 4 rings (SSSR count). The highest BCUT2D eigenvalue weighted by Crippen LogP contribution is 2.32. The monoisotopic (exact) mass is 263 g/mol. The quantitative estimate of drug-likeness (QED) is 0.574. The van der Waals surface area contributed by atoms with Crippen LogP contribution in [0.3, 0.4) is 0 Å². The highest BCUT2D eigenvalue weighted by Gasteiger charge is 2.10. The van der Waals surface area contributed by atoms with Gasteiger partial charge in [-0.2, -0.15) is 0 Å². The van der Waals surface area contributed by atoms with E-state index in [0.717, 1.165) is 38.9 Å². The highest BCUT2D eigenvalue weighted by atomic mass is 16.5. The van der Waals surface area contributed by atoms with Gasteiger partial charge in [0.25, 0.3) is 0 Å². The number of hydrogen-bond acceptors (Lipinski definition) is 2. The number of fused-ring (bicyclic) bond motifs is 2. The van der Waals surface area contributed by atoms with Gasteiger partial charge in [0.1, 0.15) is 17.6 Å². The van der Waals surface area contributed by atoms with E-state index < -0.39 is 0 Å². The molecular formula is C17H13NO2. The number of rotatable bonds is 2. The van der Waals surface area contributed by atoms with Crippen molar-refractivity contribution in [3.8, 4) is 17.0 Å². The van der Waals surface area contributed by atoms with Gasteiger partial charge in [0, 0.05) is 21.9 Å². The fraction of sp³-hybridized carbons (Fsp3) is 0.0588. The maximum absolute atomic E-state index is 5.60. The van der Waals surface area contributed by atoms with E-state index in [1.807, 2.05) is 36.4 Å². The van der Waals surface area contributed by atoms with Crippen LogP contribution in [0.2, 0.25) is 0 Å². The van der Waals surface area contributed by atoms with E-state index in [4.69, 9.17) is 9.15 Å². The topological polar surface area (TPSA) is 38.2 Å². The lowest BCUT2D eigenvalue weighted by Crippen LogP contribution is -1.80. The Morgan fingerprint density at radius 1 is 1.05 bits per heavy atom. The summed E-state index contributed by atoms with van der Waals surface area (Å²) in [7, 11) is 1.68. The molecule has 0 atom stereocenters. The first kappa shape index (κ1) is 11.2. The molecule has 4 aromatic rings. The Balaban J connectivity index is 1.93. The van der Waals surface area contributed by atoms with Gasteiger partial charge in [-0.05, 0) is 30.3 Å². The van der Waals surface area contributed by atoms with Crippen molar-refractivity contribution in [2.75, 3.05) is 7.11 Å². The first-order chi connectivity index (χ1) is 9.85. The Labute approximate surface area is 115 Å². The normalized spacial score (nSPS) is 11.2. The maximum Gasteiger partial charge on any atom is 0.134 e. The number of para-hydroxylation sites is 1. The summed E-state index contributed by atoms with van der Waals surface area (Å²) in [6, 6.07) is 16.2. The summed E-state index contributed by atoms with van der Waals surface area (Å²) in [6.07, 6.45) is 1.80. The second-order valence-corrected chi connectivity index (χ2v) is 4.78. The lowest BCUT2D eigenvalue weighted by Gasteiger charge is -1.97. The lowest BCUT2D eigenvalue weighted by atomic mass is 10.1. The molecule has 0 radical (unpaired) electrons. The van der Waals surface area contributed by atoms with E-state index in [2.05, 4.69) is 17.1 Å². The molecule has 2 aromatic carbocycles. The number of aromatic nitrogens is 1. The van der Waals surface area contributed by atoms with E-state index >= 15 is 0 Å². The van der Waals surface area contributed by atoms with Crippen LogP contribution in [-0.2, 0) is 0 Å². The second kappa shape index (κ2) is 4.17. The Morgan fingerprint density at radius 3 is 2.85 bits per heavy atom. The van der Waals surface area contributed by atoms with Crippen molar-refractivity contribution in [1.29, 1.82) is 0 Å². The molecule has 0 aliphatic heterocycles. The molecule has 20 heavy (non-hydrogen) atoms. The van der Waals surface area contributed by atoms with E-state index in [1.165, 1.54) is 0 Å². The summed E-state index contributed by atoms with van der Waals surface area (Å²) in [5.74, 6) is 0.861. The molecule has 0 saturated heterocycles. The molecule has 2 aromatic heterocycles. The number of aromatic amines is 1. The van der Waals surface area contributed by atoms with E-state index in [0.29, 0.717) is 0 Å². The highest BCUT2D eigenvalue weighted by molar-refractivity contribution is 5.96. The van der Waals surface area contributed by atoms with Crippen molar-refractivity contribution < 1.29 is 9.15 Å². The average Bonchev–Trinajstić information content (AvgIpc) is 3.09. The van der Waals surface area contributed by atoms with E-state index in [1.54, 1.807) is 13.4 Å². The van der Waals surface area contributed by atoms with Crippen LogP contribution < -0.4 is 4.74 Å². The molecule has 3 nitrogen and oxygen atoms in total. The summed E-state index contributed by atoms with van der Waals surface area (Å²) in [5, 5.41) is 2.25. The average molecular weight is 263 g/mol. The predicted octanol–water partition coefficient (Wildman–Crippen LogP) is 4.59. The molecule has 0 aliphatic carbocycles. The number of hydrogen-bond donors (Lipinski definition) is 1. The first-order valence-electron chi connectivity index (χ1n) is 6.48. The Morgan fingerprint density at radius 2 is 1.95 bits per heavy atom. The molecule has 0 bridgehead atoms. The molecule has 0 spiro atoms. The summed E-state index contributed by atoms with van der Waals surface area (Å²) >= 11 is 0. The Bertz CT molecular complexity index is 902. The Kier molecular flexibility index (Phi) is 2.33. The van der Waals surface area contributed by atoms with Gasteiger partial charge in [0.2, 0.25) is 0 Å². The summed E-state index contributed by atoms with van der Waals surface area (Å²) in [4.78, 5) is 3.43. The predicted molar refractivity (Wildman–Crippen MR) is 80.1 cm³/mol. The molecule has 1 N–H and O–H groups in total. The molecule has 0 saturated carbocycles. The van der Waals surface area contributed by atoms with Crippen LogP contribution >= 0.6 is 0 Å². The smallest absolute Gasteiger partial charge is 0.134 e. The van der Waals surface area contributed by atoms with Gasteiger partial charge in [-0.15, -0.1) is 0 Å². The molecule has 0 unspecified atom stereocenters. The number of H-pyrrole nitrogens is 1. The number of benzene rings is 2. The fourth-order valence-electron chi connectivity index (χ4n) is 2.57. The standard InChI is InChI=1S/C17H13NO2/c1-19-12-6-7-15-11(8-12)9-16(18-15)14-10-20-17-5-3-2-4-13(14)17/h2-10,18H,1H3. The molecule has 2 heterocycles. The third kappa shape index (κ3) is 1.60. The molecule has 0 fully saturated rings. The van der Waals surface area contributed by atoms with Crippen molar-refractivity contribution in [1.82, 2.24) is 4.98 Å². The SMILES string of the molecule is COc1ccc2[nH]c(-c3coc4ccccc34)cc2c1. The van der Waals surface area contributed by atoms with Crippen LogP contribution in [0.4, 0.5) is 0 Å². The maximum atomic E-state index is 5.60. The zero-order valence-corrected chi connectivity index (χ0v) is 11.0. The van der Waals surface area contributed by atoms with Crippen LogP contribution in [0.1, 0.15) is 0 Å².